The van der Waals surface area contributed by atoms with E-state index in [0.717, 1.165) is 36.8 Å². The Morgan fingerprint density at radius 1 is 1.21 bits per heavy atom. The van der Waals surface area contributed by atoms with Crippen molar-refractivity contribution in [1.29, 1.82) is 0 Å². The maximum Gasteiger partial charge on any atom is 0.0907 e. The molecule has 3 aromatic rings. The van der Waals surface area contributed by atoms with E-state index in [-0.39, 0.29) is 0 Å². The van der Waals surface area contributed by atoms with E-state index in [2.05, 4.69) is 26.2 Å². The topological polar surface area (TPSA) is 50.9 Å². The highest BCUT2D eigenvalue weighted by Crippen LogP contribution is 2.33. The van der Waals surface area contributed by atoms with E-state index in [9.17, 15) is 0 Å². The molecule has 2 aromatic carbocycles. The SMILES string of the molecule is Cc1nc2cc(Nc3ccccc3Br)c(N)cc2s1. The van der Waals surface area contributed by atoms with Gasteiger partial charge in [0.2, 0.25) is 0 Å². The second kappa shape index (κ2) is 4.83. The summed E-state index contributed by atoms with van der Waals surface area (Å²) in [6.07, 6.45) is 0. The minimum atomic E-state index is 0.729. The van der Waals surface area contributed by atoms with Gasteiger partial charge in [-0.15, -0.1) is 11.3 Å². The molecule has 0 radical (unpaired) electrons. The van der Waals surface area contributed by atoms with E-state index in [0.29, 0.717) is 0 Å². The molecule has 3 N–H and O–H groups in total. The molecule has 0 spiro atoms. The molecule has 0 bridgehead atoms. The second-order valence-corrected chi connectivity index (χ2v) is 6.33. The molecule has 1 heterocycles. The highest BCUT2D eigenvalue weighted by Gasteiger charge is 2.07. The predicted octanol–water partition coefficient (Wildman–Crippen LogP) is 4.69. The number of para-hydroxylation sites is 1. The Hall–Kier alpha value is -1.59. The average molecular weight is 334 g/mol. The zero-order valence-corrected chi connectivity index (χ0v) is 12.7. The Morgan fingerprint density at radius 2 is 2.00 bits per heavy atom. The number of rotatable bonds is 2. The molecule has 0 amide bonds. The third-order valence-corrected chi connectivity index (χ3v) is 4.43. The molecule has 0 atom stereocenters. The number of anilines is 3. The maximum absolute atomic E-state index is 6.09. The van der Waals surface area contributed by atoms with Gasteiger partial charge in [-0.05, 0) is 47.1 Å². The predicted molar refractivity (Wildman–Crippen MR) is 86.2 cm³/mol. The van der Waals surface area contributed by atoms with Crippen molar-refractivity contribution in [3.8, 4) is 0 Å². The summed E-state index contributed by atoms with van der Waals surface area (Å²) in [6.45, 7) is 2.00. The molecule has 0 aliphatic rings. The average Bonchev–Trinajstić information content (AvgIpc) is 2.71. The fourth-order valence-corrected chi connectivity index (χ4v) is 3.16. The van der Waals surface area contributed by atoms with Crippen molar-refractivity contribution in [3.63, 3.8) is 0 Å². The molecule has 5 heteroatoms. The molecule has 1 aromatic heterocycles. The Labute approximate surface area is 123 Å². The normalized spacial score (nSPS) is 10.8. The first-order chi connectivity index (χ1) is 9.13. The summed E-state index contributed by atoms with van der Waals surface area (Å²) >= 11 is 5.17. The number of hydrogen-bond donors (Lipinski definition) is 2. The van der Waals surface area contributed by atoms with Gasteiger partial charge < -0.3 is 11.1 Å². The highest BCUT2D eigenvalue weighted by atomic mass is 79.9. The van der Waals surface area contributed by atoms with Crippen LogP contribution in [0.4, 0.5) is 17.1 Å². The second-order valence-electron chi connectivity index (χ2n) is 4.24. The zero-order chi connectivity index (χ0) is 13.4. The van der Waals surface area contributed by atoms with Crippen molar-refractivity contribution in [2.45, 2.75) is 6.92 Å². The summed E-state index contributed by atoms with van der Waals surface area (Å²) < 4.78 is 2.12. The Bertz CT molecular complexity index is 752. The van der Waals surface area contributed by atoms with Crippen LogP contribution in [0.5, 0.6) is 0 Å². The number of nitrogens with one attached hydrogen (secondary N) is 1. The van der Waals surface area contributed by atoms with Crippen molar-refractivity contribution >= 4 is 54.5 Å². The molecule has 0 aliphatic heterocycles. The van der Waals surface area contributed by atoms with Crippen LogP contribution < -0.4 is 11.1 Å². The summed E-state index contributed by atoms with van der Waals surface area (Å²) in [5, 5.41) is 4.38. The molecular weight excluding hydrogens is 322 g/mol. The molecule has 3 rings (SSSR count). The molecule has 3 nitrogen and oxygen atoms in total. The fraction of sp³-hybridized carbons (Fsp3) is 0.0714. The third kappa shape index (κ3) is 2.43. The Balaban J connectivity index is 2.05. The highest BCUT2D eigenvalue weighted by molar-refractivity contribution is 9.10. The first-order valence-corrected chi connectivity index (χ1v) is 7.42. The standard InChI is InChI=1S/C14H12BrN3S/c1-8-17-13-7-12(10(16)6-14(13)19-8)18-11-5-3-2-4-9(11)15/h2-7,18H,16H2,1H3. The van der Waals surface area contributed by atoms with Gasteiger partial charge in [0, 0.05) is 4.47 Å². The van der Waals surface area contributed by atoms with Crippen LogP contribution in [-0.4, -0.2) is 4.98 Å². The van der Waals surface area contributed by atoms with Gasteiger partial charge in [-0.2, -0.15) is 0 Å². The summed E-state index contributed by atoms with van der Waals surface area (Å²) in [4.78, 5) is 4.49. The smallest absolute Gasteiger partial charge is 0.0907 e. The van der Waals surface area contributed by atoms with E-state index >= 15 is 0 Å². The van der Waals surface area contributed by atoms with Crippen molar-refractivity contribution in [2.75, 3.05) is 11.1 Å². The monoisotopic (exact) mass is 333 g/mol. The summed E-state index contributed by atoms with van der Waals surface area (Å²) in [7, 11) is 0. The number of fused-ring (bicyclic) bond motifs is 1. The van der Waals surface area contributed by atoms with Gasteiger partial charge in [-0.3, -0.25) is 0 Å². The number of nitrogens with two attached hydrogens (primary N) is 1. The lowest BCUT2D eigenvalue weighted by Gasteiger charge is -2.10. The number of nitrogens with zero attached hydrogens (tertiary/aromatic N) is 1. The lowest BCUT2D eigenvalue weighted by Crippen LogP contribution is -1.96. The maximum atomic E-state index is 6.09. The molecule has 96 valence electrons. The number of halogens is 1. The van der Waals surface area contributed by atoms with E-state index in [1.54, 1.807) is 11.3 Å². The van der Waals surface area contributed by atoms with Crippen LogP contribution in [0.2, 0.25) is 0 Å². The minimum Gasteiger partial charge on any atom is -0.397 e. The van der Waals surface area contributed by atoms with Gasteiger partial charge >= 0.3 is 0 Å². The lowest BCUT2D eigenvalue weighted by molar-refractivity contribution is 1.35. The van der Waals surface area contributed by atoms with Crippen molar-refractivity contribution < 1.29 is 0 Å². The van der Waals surface area contributed by atoms with Crippen LogP contribution in [0.15, 0.2) is 40.9 Å². The molecule has 0 saturated heterocycles. The van der Waals surface area contributed by atoms with E-state index in [1.165, 1.54) is 0 Å². The first-order valence-electron chi connectivity index (χ1n) is 5.82. The van der Waals surface area contributed by atoms with Crippen LogP contribution in [0.25, 0.3) is 10.2 Å². The molecular formula is C14H12BrN3S. The van der Waals surface area contributed by atoms with E-state index in [1.807, 2.05) is 43.3 Å². The number of hydrogen-bond acceptors (Lipinski definition) is 4. The van der Waals surface area contributed by atoms with Gasteiger partial charge in [0.15, 0.2) is 0 Å². The molecule has 0 aliphatic carbocycles. The Morgan fingerprint density at radius 3 is 2.79 bits per heavy atom. The third-order valence-electron chi connectivity index (χ3n) is 2.81. The lowest BCUT2D eigenvalue weighted by atomic mass is 10.2. The van der Waals surface area contributed by atoms with Gasteiger partial charge in [-0.25, -0.2) is 4.98 Å². The zero-order valence-electron chi connectivity index (χ0n) is 10.3. The molecule has 19 heavy (non-hydrogen) atoms. The first kappa shape index (κ1) is 12.4. The Kier molecular flexibility index (Phi) is 3.16. The van der Waals surface area contributed by atoms with Gasteiger partial charge in [0.1, 0.15) is 0 Å². The van der Waals surface area contributed by atoms with Crippen LogP contribution in [-0.2, 0) is 0 Å². The van der Waals surface area contributed by atoms with Crippen molar-refractivity contribution in [3.05, 3.63) is 45.9 Å². The summed E-state index contributed by atoms with van der Waals surface area (Å²) in [6, 6.07) is 11.9. The number of thiazole rings is 1. The molecule has 0 saturated carbocycles. The van der Waals surface area contributed by atoms with Crippen LogP contribution >= 0.6 is 27.3 Å². The minimum absolute atomic E-state index is 0.729. The van der Waals surface area contributed by atoms with Crippen LogP contribution in [0.3, 0.4) is 0 Å². The van der Waals surface area contributed by atoms with E-state index < -0.39 is 0 Å². The number of nitrogen functional groups attached to an aromatic ring is 1. The number of aromatic nitrogens is 1. The van der Waals surface area contributed by atoms with Crippen molar-refractivity contribution in [1.82, 2.24) is 4.98 Å². The van der Waals surface area contributed by atoms with Gasteiger partial charge in [-0.1, -0.05) is 12.1 Å². The van der Waals surface area contributed by atoms with Crippen LogP contribution in [0.1, 0.15) is 5.01 Å². The van der Waals surface area contributed by atoms with E-state index in [4.69, 9.17) is 5.73 Å². The number of aryl methyl sites for hydroxylation is 1. The molecule has 0 unspecified atom stereocenters. The van der Waals surface area contributed by atoms with Gasteiger partial charge in [0.25, 0.3) is 0 Å². The number of benzene rings is 2. The summed E-state index contributed by atoms with van der Waals surface area (Å²) in [5.74, 6) is 0. The van der Waals surface area contributed by atoms with Crippen molar-refractivity contribution in [2.24, 2.45) is 0 Å². The fourth-order valence-electron chi connectivity index (χ4n) is 1.92. The molecule has 0 fully saturated rings. The van der Waals surface area contributed by atoms with Gasteiger partial charge in [0.05, 0.1) is 32.3 Å². The summed E-state index contributed by atoms with van der Waals surface area (Å²) in [5.41, 5.74) is 9.67. The quantitative estimate of drug-likeness (QED) is 0.668. The largest absolute Gasteiger partial charge is 0.397 e. The van der Waals surface area contributed by atoms with Crippen LogP contribution in [0, 0.1) is 6.92 Å².